The van der Waals surface area contributed by atoms with E-state index in [-0.39, 0.29) is 0 Å². The highest BCUT2D eigenvalue weighted by molar-refractivity contribution is 5.36. The molecule has 1 aromatic carbocycles. The fourth-order valence-electron chi connectivity index (χ4n) is 2.05. The SMILES string of the molecule is COc1ccc(CC(C)NC(C)C)cc1C. The Balaban J connectivity index is 2.64. The van der Waals surface area contributed by atoms with Gasteiger partial charge in [0.25, 0.3) is 0 Å². The first-order valence-electron chi connectivity index (χ1n) is 5.92. The van der Waals surface area contributed by atoms with Gasteiger partial charge in [0.2, 0.25) is 0 Å². The zero-order valence-electron chi connectivity index (χ0n) is 11.0. The van der Waals surface area contributed by atoms with E-state index >= 15 is 0 Å². The van der Waals surface area contributed by atoms with Gasteiger partial charge in [0.1, 0.15) is 5.75 Å². The predicted molar refractivity (Wildman–Crippen MR) is 69.2 cm³/mol. The molecule has 0 saturated carbocycles. The van der Waals surface area contributed by atoms with Crippen LogP contribution in [0.5, 0.6) is 5.75 Å². The Kier molecular flexibility index (Phi) is 4.81. The maximum atomic E-state index is 5.25. The van der Waals surface area contributed by atoms with Crippen LogP contribution >= 0.6 is 0 Å². The van der Waals surface area contributed by atoms with Crippen molar-refractivity contribution < 1.29 is 4.74 Å². The van der Waals surface area contributed by atoms with Crippen LogP contribution in [0.3, 0.4) is 0 Å². The van der Waals surface area contributed by atoms with Crippen LogP contribution in [0.25, 0.3) is 0 Å². The summed E-state index contributed by atoms with van der Waals surface area (Å²) >= 11 is 0. The Morgan fingerprint density at radius 3 is 2.44 bits per heavy atom. The summed E-state index contributed by atoms with van der Waals surface area (Å²) in [5.41, 5.74) is 2.57. The molecule has 1 unspecified atom stereocenters. The number of rotatable bonds is 5. The minimum Gasteiger partial charge on any atom is -0.496 e. The van der Waals surface area contributed by atoms with Crippen LogP contribution in [0.4, 0.5) is 0 Å². The molecule has 0 aromatic heterocycles. The van der Waals surface area contributed by atoms with Gasteiger partial charge >= 0.3 is 0 Å². The number of ether oxygens (including phenoxy) is 1. The molecule has 0 heterocycles. The van der Waals surface area contributed by atoms with Crippen LogP contribution < -0.4 is 10.1 Å². The van der Waals surface area contributed by atoms with Crippen LogP contribution in [0.2, 0.25) is 0 Å². The second kappa shape index (κ2) is 5.90. The molecular weight excluding hydrogens is 198 g/mol. The van der Waals surface area contributed by atoms with Crippen molar-refractivity contribution in [2.75, 3.05) is 7.11 Å². The maximum absolute atomic E-state index is 5.25. The number of benzene rings is 1. The van der Waals surface area contributed by atoms with Crippen LogP contribution in [-0.2, 0) is 6.42 Å². The molecule has 1 N–H and O–H groups in total. The zero-order valence-corrected chi connectivity index (χ0v) is 11.0. The van der Waals surface area contributed by atoms with Gasteiger partial charge in [-0.25, -0.2) is 0 Å². The lowest BCUT2D eigenvalue weighted by Crippen LogP contribution is -2.33. The highest BCUT2D eigenvalue weighted by Crippen LogP contribution is 2.19. The van der Waals surface area contributed by atoms with Gasteiger partial charge in [0.05, 0.1) is 7.11 Å². The summed E-state index contributed by atoms with van der Waals surface area (Å²) in [5.74, 6) is 0.966. The first-order chi connectivity index (χ1) is 7.52. The van der Waals surface area contributed by atoms with Crippen molar-refractivity contribution in [2.24, 2.45) is 0 Å². The van der Waals surface area contributed by atoms with E-state index in [1.807, 2.05) is 6.07 Å². The van der Waals surface area contributed by atoms with E-state index in [1.165, 1.54) is 11.1 Å². The third-order valence-electron chi connectivity index (χ3n) is 2.62. The summed E-state index contributed by atoms with van der Waals surface area (Å²) < 4.78 is 5.25. The summed E-state index contributed by atoms with van der Waals surface area (Å²) in [7, 11) is 1.71. The number of hydrogen-bond donors (Lipinski definition) is 1. The molecule has 2 nitrogen and oxygen atoms in total. The molecule has 0 radical (unpaired) electrons. The van der Waals surface area contributed by atoms with E-state index in [0.29, 0.717) is 12.1 Å². The number of aryl methyl sites for hydroxylation is 1. The van der Waals surface area contributed by atoms with Crippen LogP contribution in [0.1, 0.15) is 31.9 Å². The molecule has 16 heavy (non-hydrogen) atoms. The van der Waals surface area contributed by atoms with Crippen molar-refractivity contribution in [1.29, 1.82) is 0 Å². The van der Waals surface area contributed by atoms with E-state index in [4.69, 9.17) is 4.74 Å². The van der Waals surface area contributed by atoms with E-state index in [1.54, 1.807) is 7.11 Å². The fourth-order valence-corrected chi connectivity index (χ4v) is 2.05. The smallest absolute Gasteiger partial charge is 0.121 e. The molecule has 0 bridgehead atoms. The number of hydrogen-bond acceptors (Lipinski definition) is 2. The monoisotopic (exact) mass is 221 g/mol. The van der Waals surface area contributed by atoms with Crippen molar-refractivity contribution >= 4 is 0 Å². The predicted octanol–water partition coefficient (Wildman–Crippen LogP) is 2.93. The Morgan fingerprint density at radius 1 is 1.25 bits per heavy atom. The topological polar surface area (TPSA) is 21.3 Å². The number of methoxy groups -OCH3 is 1. The third kappa shape index (κ3) is 3.86. The van der Waals surface area contributed by atoms with Gasteiger partial charge in [-0.15, -0.1) is 0 Å². The molecule has 1 rings (SSSR count). The molecule has 0 amide bonds. The minimum atomic E-state index is 0.507. The lowest BCUT2D eigenvalue weighted by Gasteiger charge is -2.17. The second-order valence-electron chi connectivity index (χ2n) is 4.73. The largest absolute Gasteiger partial charge is 0.496 e. The van der Waals surface area contributed by atoms with Crippen molar-refractivity contribution in [3.63, 3.8) is 0 Å². The average molecular weight is 221 g/mol. The van der Waals surface area contributed by atoms with Gasteiger partial charge < -0.3 is 10.1 Å². The molecular formula is C14H23NO. The molecule has 0 fully saturated rings. The van der Waals surface area contributed by atoms with Crippen molar-refractivity contribution in [1.82, 2.24) is 5.32 Å². The van der Waals surface area contributed by atoms with Gasteiger partial charge in [0, 0.05) is 12.1 Å². The summed E-state index contributed by atoms with van der Waals surface area (Å²) in [6.45, 7) is 8.66. The summed E-state index contributed by atoms with van der Waals surface area (Å²) in [4.78, 5) is 0. The lowest BCUT2D eigenvalue weighted by molar-refractivity contribution is 0.411. The highest BCUT2D eigenvalue weighted by Gasteiger charge is 2.06. The average Bonchev–Trinajstić information content (AvgIpc) is 2.16. The van der Waals surface area contributed by atoms with Crippen molar-refractivity contribution in [3.8, 4) is 5.75 Å². The molecule has 2 heteroatoms. The van der Waals surface area contributed by atoms with Crippen LogP contribution in [0, 0.1) is 6.92 Å². The summed E-state index contributed by atoms with van der Waals surface area (Å²) in [5, 5.41) is 3.51. The van der Waals surface area contributed by atoms with Gasteiger partial charge in [0.15, 0.2) is 0 Å². The molecule has 1 aromatic rings. The molecule has 0 spiro atoms. The van der Waals surface area contributed by atoms with Gasteiger partial charge in [-0.2, -0.15) is 0 Å². The Hall–Kier alpha value is -1.02. The second-order valence-corrected chi connectivity index (χ2v) is 4.73. The molecule has 0 aliphatic rings. The van der Waals surface area contributed by atoms with Crippen LogP contribution in [0.15, 0.2) is 18.2 Å². The molecule has 0 aliphatic carbocycles. The molecule has 90 valence electrons. The maximum Gasteiger partial charge on any atom is 0.121 e. The minimum absolute atomic E-state index is 0.507. The normalized spacial score (nSPS) is 12.9. The van der Waals surface area contributed by atoms with E-state index < -0.39 is 0 Å². The van der Waals surface area contributed by atoms with E-state index in [9.17, 15) is 0 Å². The van der Waals surface area contributed by atoms with Gasteiger partial charge in [-0.3, -0.25) is 0 Å². The number of nitrogens with one attached hydrogen (secondary N) is 1. The van der Waals surface area contributed by atoms with Gasteiger partial charge in [-0.05, 0) is 37.5 Å². The van der Waals surface area contributed by atoms with Crippen LogP contribution in [-0.4, -0.2) is 19.2 Å². The quantitative estimate of drug-likeness (QED) is 0.825. The Bertz CT molecular complexity index is 334. The van der Waals surface area contributed by atoms with E-state index in [2.05, 4.69) is 45.1 Å². The van der Waals surface area contributed by atoms with Crippen molar-refractivity contribution in [3.05, 3.63) is 29.3 Å². The summed E-state index contributed by atoms with van der Waals surface area (Å²) in [6, 6.07) is 7.44. The van der Waals surface area contributed by atoms with Gasteiger partial charge in [-0.1, -0.05) is 26.0 Å². The first kappa shape index (κ1) is 13.0. The highest BCUT2D eigenvalue weighted by atomic mass is 16.5. The Morgan fingerprint density at radius 2 is 1.94 bits per heavy atom. The standard InChI is InChI=1S/C14H23NO/c1-10(2)15-12(4)9-13-6-7-14(16-5)11(3)8-13/h6-8,10,12,15H,9H2,1-5H3. The summed E-state index contributed by atoms with van der Waals surface area (Å²) in [6.07, 6.45) is 1.06. The Labute approximate surface area is 99.0 Å². The first-order valence-corrected chi connectivity index (χ1v) is 5.92. The van der Waals surface area contributed by atoms with E-state index in [0.717, 1.165) is 12.2 Å². The third-order valence-corrected chi connectivity index (χ3v) is 2.62. The zero-order chi connectivity index (χ0) is 12.1. The van der Waals surface area contributed by atoms with Crippen molar-refractivity contribution in [2.45, 2.75) is 46.2 Å². The molecule has 0 aliphatic heterocycles. The fraction of sp³-hybridized carbons (Fsp3) is 0.571. The molecule has 0 saturated heterocycles. The molecule has 1 atom stereocenters. The lowest BCUT2D eigenvalue weighted by atomic mass is 10.0.